The number of aromatic nitrogens is 3. The Balaban J connectivity index is 1.92. The molecule has 0 spiro atoms. The average molecular weight is 258 g/mol. The SMILES string of the molecule is COCCn1c(CN)nnc1C1Cc2ccccc21. The number of fused-ring (bicyclic) bond motifs is 1. The molecule has 2 N–H and O–H groups in total. The summed E-state index contributed by atoms with van der Waals surface area (Å²) in [5.41, 5.74) is 8.49. The van der Waals surface area contributed by atoms with Gasteiger partial charge in [-0.1, -0.05) is 24.3 Å². The van der Waals surface area contributed by atoms with Crippen molar-refractivity contribution < 1.29 is 4.74 Å². The minimum Gasteiger partial charge on any atom is -0.383 e. The lowest BCUT2D eigenvalue weighted by Gasteiger charge is -2.29. The van der Waals surface area contributed by atoms with Crippen LogP contribution in [0.15, 0.2) is 24.3 Å². The Morgan fingerprint density at radius 3 is 2.95 bits per heavy atom. The zero-order chi connectivity index (χ0) is 13.2. The monoisotopic (exact) mass is 258 g/mol. The Morgan fingerprint density at radius 1 is 1.37 bits per heavy atom. The molecule has 0 aliphatic heterocycles. The zero-order valence-corrected chi connectivity index (χ0v) is 11.0. The first-order chi connectivity index (χ1) is 9.35. The van der Waals surface area contributed by atoms with E-state index in [2.05, 4.69) is 39.0 Å². The molecule has 2 aromatic rings. The van der Waals surface area contributed by atoms with Gasteiger partial charge >= 0.3 is 0 Å². The predicted molar refractivity (Wildman–Crippen MR) is 71.8 cm³/mol. The topological polar surface area (TPSA) is 66.0 Å². The van der Waals surface area contributed by atoms with Crippen LogP contribution < -0.4 is 5.73 Å². The van der Waals surface area contributed by atoms with Gasteiger partial charge in [0, 0.05) is 19.6 Å². The normalized spacial score (nSPS) is 17.1. The van der Waals surface area contributed by atoms with E-state index < -0.39 is 0 Å². The van der Waals surface area contributed by atoms with Crippen molar-refractivity contribution in [3.8, 4) is 0 Å². The Hall–Kier alpha value is -1.72. The summed E-state index contributed by atoms with van der Waals surface area (Å²) in [6.07, 6.45) is 1.03. The molecule has 0 fully saturated rings. The van der Waals surface area contributed by atoms with Crippen molar-refractivity contribution in [2.24, 2.45) is 5.73 Å². The Bertz CT molecular complexity index is 579. The first-order valence-electron chi connectivity index (χ1n) is 6.54. The minimum atomic E-state index is 0.348. The number of rotatable bonds is 5. The summed E-state index contributed by atoms with van der Waals surface area (Å²) in [6.45, 7) is 1.81. The number of methoxy groups -OCH3 is 1. The molecule has 5 nitrogen and oxygen atoms in total. The largest absolute Gasteiger partial charge is 0.383 e. The summed E-state index contributed by atoms with van der Waals surface area (Å²) >= 11 is 0. The molecule has 100 valence electrons. The molecule has 0 amide bonds. The molecule has 5 heteroatoms. The second kappa shape index (κ2) is 5.11. The highest BCUT2D eigenvalue weighted by atomic mass is 16.5. The first kappa shape index (κ1) is 12.3. The molecule has 1 aliphatic carbocycles. The molecule has 0 radical (unpaired) electrons. The molecule has 1 atom stereocenters. The van der Waals surface area contributed by atoms with Crippen molar-refractivity contribution in [3.63, 3.8) is 0 Å². The van der Waals surface area contributed by atoms with Gasteiger partial charge < -0.3 is 15.0 Å². The van der Waals surface area contributed by atoms with Crippen molar-refractivity contribution in [1.29, 1.82) is 0 Å². The van der Waals surface area contributed by atoms with Crippen LogP contribution in [0.2, 0.25) is 0 Å². The third-order valence-electron chi connectivity index (χ3n) is 3.72. The molecule has 0 saturated carbocycles. The average Bonchev–Trinajstić information content (AvgIpc) is 2.80. The van der Waals surface area contributed by atoms with E-state index in [4.69, 9.17) is 10.5 Å². The highest BCUT2D eigenvalue weighted by Gasteiger charge is 2.31. The third kappa shape index (κ3) is 2.05. The molecule has 0 saturated heterocycles. The van der Waals surface area contributed by atoms with Crippen LogP contribution >= 0.6 is 0 Å². The Kier molecular flexibility index (Phi) is 3.31. The predicted octanol–water partition coefficient (Wildman–Crippen LogP) is 1.07. The van der Waals surface area contributed by atoms with E-state index in [1.165, 1.54) is 11.1 Å². The smallest absolute Gasteiger partial charge is 0.146 e. The van der Waals surface area contributed by atoms with Gasteiger partial charge in [-0.3, -0.25) is 0 Å². The summed E-state index contributed by atoms with van der Waals surface area (Å²) in [5, 5.41) is 8.53. The summed E-state index contributed by atoms with van der Waals surface area (Å²) in [6, 6.07) is 8.49. The molecule has 1 unspecified atom stereocenters. The van der Waals surface area contributed by atoms with Gasteiger partial charge in [0.25, 0.3) is 0 Å². The maximum absolute atomic E-state index is 5.73. The van der Waals surface area contributed by atoms with Gasteiger partial charge in [-0.15, -0.1) is 10.2 Å². The number of hydrogen-bond donors (Lipinski definition) is 1. The van der Waals surface area contributed by atoms with Gasteiger partial charge in [0.1, 0.15) is 11.6 Å². The highest BCUT2D eigenvalue weighted by Crippen LogP contribution is 2.39. The summed E-state index contributed by atoms with van der Waals surface area (Å²) in [4.78, 5) is 0. The molecular formula is C14H18N4O. The zero-order valence-electron chi connectivity index (χ0n) is 11.0. The molecule has 1 aromatic carbocycles. The van der Waals surface area contributed by atoms with Gasteiger partial charge in [-0.2, -0.15) is 0 Å². The fourth-order valence-electron chi connectivity index (χ4n) is 2.67. The van der Waals surface area contributed by atoms with Gasteiger partial charge in [0.2, 0.25) is 0 Å². The second-order valence-electron chi connectivity index (χ2n) is 4.78. The fraction of sp³-hybridized carbons (Fsp3) is 0.429. The van der Waals surface area contributed by atoms with Gasteiger partial charge in [-0.05, 0) is 17.5 Å². The van der Waals surface area contributed by atoms with Crippen molar-refractivity contribution >= 4 is 0 Å². The number of ether oxygens (including phenoxy) is 1. The van der Waals surface area contributed by atoms with E-state index in [0.717, 1.165) is 24.6 Å². The number of hydrogen-bond acceptors (Lipinski definition) is 4. The minimum absolute atomic E-state index is 0.348. The Morgan fingerprint density at radius 2 is 2.21 bits per heavy atom. The van der Waals surface area contributed by atoms with Crippen LogP contribution in [0.5, 0.6) is 0 Å². The van der Waals surface area contributed by atoms with Crippen LogP contribution in [0.1, 0.15) is 28.7 Å². The highest BCUT2D eigenvalue weighted by molar-refractivity contribution is 5.44. The first-order valence-corrected chi connectivity index (χ1v) is 6.54. The Labute approximate surface area is 112 Å². The van der Waals surface area contributed by atoms with E-state index in [1.807, 2.05) is 0 Å². The number of benzene rings is 1. The quantitative estimate of drug-likeness (QED) is 0.871. The lowest BCUT2D eigenvalue weighted by atomic mass is 9.77. The molecule has 0 bridgehead atoms. The molecule has 1 aliphatic rings. The lowest BCUT2D eigenvalue weighted by molar-refractivity contribution is 0.185. The van der Waals surface area contributed by atoms with Crippen LogP contribution in [0.3, 0.4) is 0 Å². The van der Waals surface area contributed by atoms with E-state index in [-0.39, 0.29) is 0 Å². The van der Waals surface area contributed by atoms with Crippen LogP contribution in [-0.2, 0) is 24.2 Å². The summed E-state index contributed by atoms with van der Waals surface area (Å²) in [7, 11) is 1.70. The van der Waals surface area contributed by atoms with Crippen molar-refractivity contribution in [2.75, 3.05) is 13.7 Å². The number of nitrogens with zero attached hydrogens (tertiary/aromatic N) is 3. The van der Waals surface area contributed by atoms with Gasteiger partial charge in [-0.25, -0.2) is 0 Å². The second-order valence-corrected chi connectivity index (χ2v) is 4.78. The molecule has 1 heterocycles. The number of nitrogens with two attached hydrogens (primary N) is 1. The van der Waals surface area contributed by atoms with Crippen LogP contribution in [0.25, 0.3) is 0 Å². The van der Waals surface area contributed by atoms with Crippen LogP contribution in [0.4, 0.5) is 0 Å². The molecular weight excluding hydrogens is 240 g/mol. The van der Waals surface area contributed by atoms with E-state index in [1.54, 1.807) is 7.11 Å². The van der Waals surface area contributed by atoms with E-state index >= 15 is 0 Å². The molecule has 1 aromatic heterocycles. The maximum atomic E-state index is 5.73. The lowest BCUT2D eigenvalue weighted by Crippen LogP contribution is -2.24. The fourth-order valence-corrected chi connectivity index (χ4v) is 2.67. The standard InChI is InChI=1S/C14H18N4O/c1-19-7-6-18-13(9-15)16-17-14(18)12-8-10-4-2-3-5-11(10)12/h2-5,12H,6-9,15H2,1H3. The van der Waals surface area contributed by atoms with Crippen LogP contribution in [-0.4, -0.2) is 28.5 Å². The van der Waals surface area contributed by atoms with Crippen molar-refractivity contribution in [3.05, 3.63) is 47.0 Å². The summed E-state index contributed by atoms with van der Waals surface area (Å²) in [5.74, 6) is 2.19. The van der Waals surface area contributed by atoms with Crippen molar-refractivity contribution in [1.82, 2.24) is 14.8 Å². The van der Waals surface area contributed by atoms with Gasteiger partial charge in [0.05, 0.1) is 13.2 Å². The molecule has 3 rings (SSSR count). The van der Waals surface area contributed by atoms with Gasteiger partial charge in [0.15, 0.2) is 0 Å². The third-order valence-corrected chi connectivity index (χ3v) is 3.72. The summed E-state index contributed by atoms with van der Waals surface area (Å²) < 4.78 is 7.25. The van der Waals surface area contributed by atoms with E-state index in [0.29, 0.717) is 19.1 Å². The van der Waals surface area contributed by atoms with E-state index in [9.17, 15) is 0 Å². The van der Waals surface area contributed by atoms with Crippen molar-refractivity contribution in [2.45, 2.75) is 25.4 Å². The molecule has 19 heavy (non-hydrogen) atoms. The van der Waals surface area contributed by atoms with Crippen LogP contribution in [0, 0.1) is 0 Å². The maximum Gasteiger partial charge on any atom is 0.146 e.